The van der Waals surface area contributed by atoms with E-state index < -0.39 is 0 Å². The Kier molecular flexibility index (Phi) is 5.42. The van der Waals surface area contributed by atoms with Crippen LogP contribution in [0.15, 0.2) is 60.9 Å². The van der Waals surface area contributed by atoms with Gasteiger partial charge in [0.1, 0.15) is 17.8 Å². The molecule has 0 atom stereocenters. The quantitative estimate of drug-likeness (QED) is 0.718. The molecule has 0 bridgehead atoms. The summed E-state index contributed by atoms with van der Waals surface area (Å²) in [5, 5.41) is 15.4. The number of anilines is 2. The Morgan fingerprint density at radius 3 is 2.50 bits per heavy atom. The van der Waals surface area contributed by atoms with E-state index in [4.69, 9.17) is 16.9 Å². The van der Waals surface area contributed by atoms with Crippen molar-refractivity contribution < 1.29 is 4.79 Å². The molecule has 0 aliphatic rings. The number of benzene rings is 2. The number of nitrogens with one attached hydrogen (secondary N) is 2. The predicted octanol–water partition coefficient (Wildman–Crippen LogP) is 3.87. The summed E-state index contributed by atoms with van der Waals surface area (Å²) in [5.74, 6) is 0.187. The molecule has 1 heterocycles. The van der Waals surface area contributed by atoms with Crippen molar-refractivity contribution in [1.82, 2.24) is 9.97 Å². The van der Waals surface area contributed by atoms with Gasteiger partial charge < -0.3 is 10.6 Å². The zero-order valence-corrected chi connectivity index (χ0v) is 14.4. The molecule has 0 spiro atoms. The molecule has 3 aromatic rings. The maximum atomic E-state index is 12.3. The second-order valence-electron chi connectivity index (χ2n) is 5.41. The number of carbonyl (C=O) groups excluding carboxylic acids is 1. The number of nitriles is 1. The number of hydrogen-bond donors (Lipinski definition) is 2. The summed E-state index contributed by atoms with van der Waals surface area (Å²) in [6, 6.07) is 17.7. The third kappa shape index (κ3) is 4.56. The van der Waals surface area contributed by atoms with Gasteiger partial charge in [0.05, 0.1) is 11.6 Å². The topological polar surface area (TPSA) is 90.7 Å². The number of amides is 1. The fraction of sp³-hybridized carbons (Fsp3) is 0.0526. The monoisotopic (exact) mass is 363 g/mol. The van der Waals surface area contributed by atoms with Crippen molar-refractivity contribution in [1.29, 1.82) is 5.26 Å². The number of carbonyl (C=O) groups is 1. The molecule has 7 heteroatoms. The highest BCUT2D eigenvalue weighted by Crippen LogP contribution is 2.13. The fourth-order valence-electron chi connectivity index (χ4n) is 2.20. The number of rotatable bonds is 5. The summed E-state index contributed by atoms with van der Waals surface area (Å²) < 4.78 is 0. The summed E-state index contributed by atoms with van der Waals surface area (Å²) in [6.07, 6.45) is 1.33. The predicted molar refractivity (Wildman–Crippen MR) is 99.9 cm³/mol. The zero-order chi connectivity index (χ0) is 18.4. The van der Waals surface area contributed by atoms with E-state index >= 15 is 0 Å². The van der Waals surface area contributed by atoms with Crippen molar-refractivity contribution in [3.63, 3.8) is 0 Å². The van der Waals surface area contributed by atoms with E-state index in [9.17, 15) is 4.79 Å². The Bertz CT molecular complexity index is 949. The van der Waals surface area contributed by atoms with E-state index in [-0.39, 0.29) is 11.6 Å². The Morgan fingerprint density at radius 1 is 1.08 bits per heavy atom. The first-order chi connectivity index (χ1) is 12.6. The van der Waals surface area contributed by atoms with E-state index in [0.29, 0.717) is 28.6 Å². The van der Waals surface area contributed by atoms with E-state index in [1.54, 1.807) is 30.3 Å². The molecule has 0 saturated heterocycles. The number of nitrogens with zero attached hydrogens (tertiary/aromatic N) is 3. The van der Waals surface area contributed by atoms with Crippen LogP contribution in [-0.4, -0.2) is 15.9 Å². The van der Waals surface area contributed by atoms with Crippen LogP contribution in [0.25, 0.3) is 0 Å². The van der Waals surface area contributed by atoms with Gasteiger partial charge in [-0.2, -0.15) is 5.26 Å². The third-order valence-corrected chi connectivity index (χ3v) is 3.81. The van der Waals surface area contributed by atoms with Crippen LogP contribution in [0, 0.1) is 11.3 Å². The van der Waals surface area contributed by atoms with E-state index in [2.05, 4.69) is 20.6 Å². The maximum absolute atomic E-state index is 12.3. The van der Waals surface area contributed by atoms with Crippen LogP contribution in [0.2, 0.25) is 5.02 Å². The first kappa shape index (κ1) is 17.4. The third-order valence-electron chi connectivity index (χ3n) is 3.56. The van der Waals surface area contributed by atoms with Crippen molar-refractivity contribution in [2.45, 2.75) is 6.54 Å². The molecule has 3 rings (SSSR count). The van der Waals surface area contributed by atoms with Gasteiger partial charge in [-0.15, -0.1) is 0 Å². The molecule has 0 fully saturated rings. The van der Waals surface area contributed by atoms with Crippen LogP contribution in [0.5, 0.6) is 0 Å². The van der Waals surface area contributed by atoms with E-state index in [1.165, 1.54) is 6.33 Å². The minimum Gasteiger partial charge on any atom is -0.366 e. The smallest absolute Gasteiger partial charge is 0.274 e. The first-order valence-electron chi connectivity index (χ1n) is 7.76. The molecular weight excluding hydrogens is 350 g/mol. The number of aromatic nitrogens is 2. The van der Waals surface area contributed by atoms with Crippen molar-refractivity contribution >= 4 is 29.0 Å². The van der Waals surface area contributed by atoms with Gasteiger partial charge in [-0.05, 0) is 42.0 Å². The van der Waals surface area contributed by atoms with Gasteiger partial charge in [-0.3, -0.25) is 4.79 Å². The molecule has 1 amide bonds. The van der Waals surface area contributed by atoms with Gasteiger partial charge in [0.15, 0.2) is 0 Å². The molecule has 0 aliphatic heterocycles. The normalized spacial score (nSPS) is 10.0. The lowest BCUT2D eigenvalue weighted by Crippen LogP contribution is -2.14. The maximum Gasteiger partial charge on any atom is 0.274 e. The lowest BCUT2D eigenvalue weighted by molar-refractivity contribution is 0.102. The van der Waals surface area contributed by atoms with E-state index in [0.717, 1.165) is 5.56 Å². The zero-order valence-electron chi connectivity index (χ0n) is 13.6. The Balaban J connectivity index is 1.64. The average Bonchev–Trinajstić information content (AvgIpc) is 2.68. The van der Waals surface area contributed by atoms with Crippen molar-refractivity contribution in [3.8, 4) is 6.07 Å². The molecule has 0 radical (unpaired) electrons. The minimum atomic E-state index is -0.355. The Labute approximate surface area is 155 Å². The Morgan fingerprint density at radius 2 is 1.81 bits per heavy atom. The standard InChI is InChI=1S/C19H14ClN5O/c20-15-5-1-14(2-6-15)11-22-18-9-17(23-12-24-18)19(26)25-16-7-3-13(10-21)4-8-16/h1-9,12H,11H2,(H,25,26)(H,22,23,24). The molecular formula is C19H14ClN5O. The Hall–Kier alpha value is -3.43. The second kappa shape index (κ2) is 8.10. The SMILES string of the molecule is N#Cc1ccc(NC(=O)c2cc(NCc3ccc(Cl)cc3)ncn2)cc1. The summed E-state index contributed by atoms with van der Waals surface area (Å²) in [7, 11) is 0. The molecule has 2 aromatic carbocycles. The summed E-state index contributed by atoms with van der Waals surface area (Å²) >= 11 is 5.87. The van der Waals surface area contributed by atoms with Crippen LogP contribution in [0.4, 0.5) is 11.5 Å². The van der Waals surface area contributed by atoms with Gasteiger partial charge in [-0.25, -0.2) is 9.97 Å². The van der Waals surface area contributed by atoms with Crippen molar-refractivity contribution in [2.24, 2.45) is 0 Å². The highest BCUT2D eigenvalue weighted by Gasteiger charge is 2.09. The lowest BCUT2D eigenvalue weighted by Gasteiger charge is -2.08. The summed E-state index contributed by atoms with van der Waals surface area (Å²) in [4.78, 5) is 20.4. The van der Waals surface area contributed by atoms with Crippen molar-refractivity contribution in [2.75, 3.05) is 10.6 Å². The van der Waals surface area contributed by atoms with Gasteiger partial charge in [-0.1, -0.05) is 23.7 Å². The van der Waals surface area contributed by atoms with Gasteiger partial charge in [0.2, 0.25) is 0 Å². The average molecular weight is 364 g/mol. The molecule has 0 aliphatic carbocycles. The summed E-state index contributed by atoms with van der Waals surface area (Å²) in [6.45, 7) is 0.546. The number of halogens is 1. The van der Waals surface area contributed by atoms with Gasteiger partial charge >= 0.3 is 0 Å². The lowest BCUT2D eigenvalue weighted by atomic mass is 10.2. The molecule has 0 saturated carbocycles. The van der Waals surface area contributed by atoms with Crippen LogP contribution >= 0.6 is 11.6 Å². The molecule has 2 N–H and O–H groups in total. The van der Waals surface area contributed by atoms with E-state index in [1.807, 2.05) is 30.3 Å². The van der Waals surface area contributed by atoms with Crippen LogP contribution in [0.3, 0.4) is 0 Å². The molecule has 6 nitrogen and oxygen atoms in total. The van der Waals surface area contributed by atoms with Crippen LogP contribution in [-0.2, 0) is 6.54 Å². The largest absolute Gasteiger partial charge is 0.366 e. The molecule has 0 unspecified atom stereocenters. The molecule has 26 heavy (non-hydrogen) atoms. The first-order valence-corrected chi connectivity index (χ1v) is 8.14. The highest BCUT2D eigenvalue weighted by molar-refractivity contribution is 6.30. The van der Waals surface area contributed by atoms with Crippen LogP contribution in [0.1, 0.15) is 21.6 Å². The highest BCUT2D eigenvalue weighted by atomic mass is 35.5. The fourth-order valence-corrected chi connectivity index (χ4v) is 2.32. The molecule has 1 aromatic heterocycles. The second-order valence-corrected chi connectivity index (χ2v) is 5.85. The summed E-state index contributed by atoms with van der Waals surface area (Å²) in [5.41, 5.74) is 2.39. The van der Waals surface area contributed by atoms with Gasteiger partial charge in [0.25, 0.3) is 5.91 Å². The minimum absolute atomic E-state index is 0.239. The van der Waals surface area contributed by atoms with Gasteiger partial charge in [0, 0.05) is 23.3 Å². The number of hydrogen-bond acceptors (Lipinski definition) is 5. The van der Waals surface area contributed by atoms with Crippen LogP contribution < -0.4 is 10.6 Å². The molecule has 128 valence electrons. The van der Waals surface area contributed by atoms with Crippen molar-refractivity contribution in [3.05, 3.63) is 82.8 Å².